The van der Waals surface area contributed by atoms with Crippen LogP contribution in [0.4, 0.5) is 17.6 Å². The van der Waals surface area contributed by atoms with Crippen LogP contribution in [-0.2, 0) is 29.5 Å². The van der Waals surface area contributed by atoms with Crippen LogP contribution in [-0.4, -0.2) is 192 Å². The van der Waals surface area contributed by atoms with Gasteiger partial charge in [0.15, 0.2) is 0 Å². The summed E-state index contributed by atoms with van der Waals surface area (Å²) in [4.78, 5) is 101. The van der Waals surface area contributed by atoms with E-state index in [-0.39, 0.29) is 87.7 Å². The third kappa shape index (κ3) is 31.6. The molecule has 134 heavy (non-hydrogen) atoms. The molecule has 0 bridgehead atoms. The van der Waals surface area contributed by atoms with E-state index in [1.165, 1.54) is 42.5 Å². The Balaban J connectivity index is 0.000000164. The molecule has 0 aromatic heterocycles. The summed E-state index contributed by atoms with van der Waals surface area (Å²) in [5, 5.41) is 28.2. The molecule has 8 aromatic rings. The maximum atomic E-state index is 14.7. The van der Waals surface area contributed by atoms with E-state index >= 15 is 0 Å². The van der Waals surface area contributed by atoms with Crippen LogP contribution in [0, 0.1) is 46.9 Å². The van der Waals surface area contributed by atoms with Crippen LogP contribution in [0.3, 0.4) is 0 Å². The molecule has 0 unspecified atom stereocenters. The van der Waals surface area contributed by atoms with Crippen molar-refractivity contribution < 1.29 is 111 Å². The molecule has 0 spiro atoms. The average molecular weight is 2060 g/mol. The van der Waals surface area contributed by atoms with Gasteiger partial charge in [0.25, 0.3) is 23.6 Å². The van der Waals surface area contributed by atoms with E-state index in [0.717, 1.165) is 106 Å². The van der Waals surface area contributed by atoms with Crippen molar-refractivity contribution in [3.05, 3.63) is 252 Å². The second-order valence-electron chi connectivity index (χ2n) is 35.9. The first-order valence-electron chi connectivity index (χ1n) is 42.5. The molecular formula is C94H98Cl8F4N6O20S2. The first-order valence-corrected chi connectivity index (χ1v) is 49.3. The lowest BCUT2D eigenvalue weighted by Crippen LogP contribution is -2.52. The molecule has 4 saturated carbocycles. The van der Waals surface area contributed by atoms with Crippen LogP contribution < -0.4 is 34.1 Å². The van der Waals surface area contributed by atoms with Crippen LogP contribution in [0.1, 0.15) is 222 Å². The van der Waals surface area contributed by atoms with Crippen molar-refractivity contribution in [2.75, 3.05) is 91.3 Å². The third-order valence-corrected chi connectivity index (χ3v) is 23.7. The Kier molecular flexibility index (Phi) is 35.1. The van der Waals surface area contributed by atoms with Crippen LogP contribution in [0.5, 0.6) is 23.0 Å². The Hall–Kier alpha value is -9.42. The first kappa shape index (κ1) is 105. The summed E-state index contributed by atoms with van der Waals surface area (Å²) < 4.78 is 135. The van der Waals surface area contributed by atoms with Gasteiger partial charge in [0.05, 0.1) is 66.8 Å². The Morgan fingerprint density at radius 3 is 0.851 bits per heavy atom. The fraction of sp³-hybridized carbons (Fsp3) is 0.404. The summed E-state index contributed by atoms with van der Waals surface area (Å²) in [5.74, 6) is -4.49. The fourth-order valence-corrected chi connectivity index (χ4v) is 16.8. The largest absolute Gasteiger partial charge is 0.493 e. The van der Waals surface area contributed by atoms with E-state index in [4.69, 9.17) is 131 Å². The van der Waals surface area contributed by atoms with Crippen molar-refractivity contribution in [1.29, 1.82) is 0 Å². The molecule has 8 aromatic carbocycles. The highest BCUT2D eigenvalue weighted by Crippen LogP contribution is 2.50. The number of halogens is 12. The number of nitrogens with two attached hydrogens (primary N) is 1. The number of aromatic carboxylic acids is 2. The van der Waals surface area contributed by atoms with Crippen LogP contribution in [0.2, 0.25) is 40.2 Å². The summed E-state index contributed by atoms with van der Waals surface area (Å²) >= 11 is 46.9. The van der Waals surface area contributed by atoms with E-state index in [9.17, 15) is 72.8 Å². The highest BCUT2D eigenvalue weighted by molar-refractivity contribution is 7.89. The SMILES string of the molecule is CC(C)(C)OC(=O)c1cc(C2CC2)c(OCC2CN(C(=O)c3cc(Cl)cc(Cl)c3)C2)cc1F.CC(C)(C)OC(=O)c1cc(C2CC2)c(OCC2CNC2)cc1F.CS(=O)(=O)NC(=O)c1cc(C2CC2)c(OCC2CN(C(=O)c3cc(Cl)cc(Cl)c3)C2)cc1F.CS(N)(=O)=O.O=C(O)c1cc(C2CC2)c(OCC2CN(C(=O)c3cc(Cl)cc(Cl)c3)C2)cc1F.O=C(O)c1cc(Cl)cc(Cl)c1. The van der Waals surface area contributed by atoms with Gasteiger partial charge in [0, 0.05) is 157 Å². The Bertz CT molecular complexity index is 5950. The molecule has 4 saturated heterocycles. The molecule has 0 radical (unpaired) electrons. The number of nitrogens with one attached hydrogen (secondary N) is 2. The molecule has 4 aliphatic carbocycles. The lowest BCUT2D eigenvalue weighted by Gasteiger charge is -2.39. The number of hydrogen-bond acceptors (Lipinski definition) is 19. The molecule has 720 valence electrons. The maximum Gasteiger partial charge on any atom is 0.341 e. The predicted octanol–water partition coefficient (Wildman–Crippen LogP) is 19.7. The molecule has 0 atom stereocenters. The van der Waals surface area contributed by atoms with Gasteiger partial charge in [-0.2, -0.15) is 0 Å². The number of ether oxygens (including phenoxy) is 6. The number of carboxylic acids is 2. The number of primary sulfonamides is 1. The minimum absolute atomic E-state index is 0.000476. The third-order valence-electron chi connectivity index (χ3n) is 21.4. The Morgan fingerprint density at radius 1 is 0.381 bits per heavy atom. The molecule has 8 aliphatic rings. The van der Waals surface area contributed by atoms with E-state index < -0.39 is 84.3 Å². The van der Waals surface area contributed by atoms with Gasteiger partial charge in [-0.1, -0.05) is 92.8 Å². The van der Waals surface area contributed by atoms with Crippen molar-refractivity contribution in [2.45, 2.75) is 128 Å². The normalized spacial score (nSPS) is 16.0. The number of rotatable bonds is 25. The monoisotopic (exact) mass is 2050 g/mol. The van der Waals surface area contributed by atoms with Crippen LogP contribution in [0.15, 0.2) is 121 Å². The van der Waals surface area contributed by atoms with E-state index in [1.54, 1.807) is 128 Å². The van der Waals surface area contributed by atoms with Gasteiger partial charge in [0.1, 0.15) is 57.5 Å². The van der Waals surface area contributed by atoms with Gasteiger partial charge in [-0.05, 0) is 236 Å². The number of carbonyl (C=O) groups is 8. The highest BCUT2D eigenvalue weighted by atomic mass is 35.5. The minimum Gasteiger partial charge on any atom is -0.493 e. The molecule has 8 fully saturated rings. The molecule has 6 N–H and O–H groups in total. The zero-order valence-electron chi connectivity index (χ0n) is 73.8. The summed E-state index contributed by atoms with van der Waals surface area (Å²) in [6.45, 7) is 17.0. The number of benzene rings is 8. The van der Waals surface area contributed by atoms with Crippen molar-refractivity contribution in [3.8, 4) is 23.0 Å². The molecule has 16 rings (SSSR count). The molecule has 4 heterocycles. The van der Waals surface area contributed by atoms with Gasteiger partial charge < -0.3 is 58.7 Å². The topological polar surface area (TPSA) is 360 Å². The van der Waals surface area contributed by atoms with Gasteiger partial charge in [-0.25, -0.2) is 63.4 Å². The number of hydrogen-bond donors (Lipinski definition) is 5. The number of sulfonamides is 2. The van der Waals surface area contributed by atoms with E-state index in [1.807, 2.05) is 0 Å². The highest BCUT2D eigenvalue weighted by Gasteiger charge is 2.40. The maximum absolute atomic E-state index is 14.7. The fourth-order valence-electron chi connectivity index (χ4n) is 14.3. The van der Waals surface area contributed by atoms with Gasteiger partial charge in [0.2, 0.25) is 20.0 Å². The summed E-state index contributed by atoms with van der Waals surface area (Å²) in [6, 6.07) is 29.2. The average Bonchev–Trinajstić information content (AvgIpc) is 1.71. The zero-order valence-corrected chi connectivity index (χ0v) is 81.5. The quantitative estimate of drug-likeness (QED) is 0.0262. The Morgan fingerprint density at radius 2 is 0.619 bits per heavy atom. The van der Waals surface area contributed by atoms with Crippen molar-refractivity contribution in [1.82, 2.24) is 24.7 Å². The van der Waals surface area contributed by atoms with Crippen LogP contribution in [0.25, 0.3) is 0 Å². The lowest BCUT2D eigenvalue weighted by molar-refractivity contribution is 0.00515. The van der Waals surface area contributed by atoms with E-state index in [2.05, 4.69) is 10.5 Å². The summed E-state index contributed by atoms with van der Waals surface area (Å²) in [6.07, 6.45) is 9.47. The number of esters is 2. The molecule has 4 amide bonds. The second kappa shape index (κ2) is 44.8. The number of amides is 4. The van der Waals surface area contributed by atoms with Crippen molar-refractivity contribution in [2.24, 2.45) is 28.8 Å². The molecule has 4 aliphatic heterocycles. The van der Waals surface area contributed by atoms with Crippen molar-refractivity contribution in [3.63, 3.8) is 0 Å². The number of likely N-dealkylation sites (tertiary alicyclic amines) is 3. The van der Waals surface area contributed by atoms with Gasteiger partial charge >= 0.3 is 23.9 Å². The molecule has 40 heteroatoms. The minimum atomic E-state index is -3.81. The van der Waals surface area contributed by atoms with E-state index in [0.29, 0.717) is 156 Å². The number of nitrogens with zero attached hydrogens (tertiary/aromatic N) is 3. The van der Waals surface area contributed by atoms with Gasteiger partial charge in [-0.3, -0.25) is 19.2 Å². The van der Waals surface area contributed by atoms with Crippen molar-refractivity contribution >= 4 is 160 Å². The Labute approximate surface area is 812 Å². The first-order chi connectivity index (χ1) is 62.7. The number of carboxylic acid groups (broad SMARTS) is 2. The summed E-state index contributed by atoms with van der Waals surface area (Å²) in [5.41, 5.74) is 2.48. The van der Waals surface area contributed by atoms with Gasteiger partial charge in [-0.15, -0.1) is 0 Å². The predicted molar refractivity (Wildman–Crippen MR) is 501 cm³/mol. The summed E-state index contributed by atoms with van der Waals surface area (Å²) in [7, 11) is -6.98. The zero-order chi connectivity index (χ0) is 98.1. The second-order valence-corrected chi connectivity index (χ2v) is 42.8. The lowest BCUT2D eigenvalue weighted by atomic mass is 9.99. The number of carbonyl (C=O) groups excluding carboxylic acids is 6. The molecular weight excluding hydrogens is 1960 g/mol. The standard InChI is InChI=1S/C25H26Cl2FNO4.C22H21Cl2FN2O5S.C21H18Cl2FNO4.C18H24FNO3.C7H4Cl2O2.CH5NO2S/c1-25(2,3)33-24(31)20-9-19(15-4-5-15)22(10-21(20)28)32-13-14-11-29(12-14)23(30)16-6-17(26)8-18(27)7-16;1-33(30,31)26-21(28)18-7-17(13-2-3-13)20(8-19(18)25)32-11-12-9-27(10-12)22(29)14-4-15(23)6-16(24)5-14;22-14-3-13(4-15(23)5-14)20(26)25-8-11(9-25)10-29-19-7-18(24)17(21(27)28)6-16(19)12-1-2-12;1-18(2,3)23-17(21)14-6-13(12-4-5-12)16(7-15(14)19)22-10-11-8-20-9-11;8-5-1-4(7(10)11)2-6(9)3-5;1-5(2,3)4/h6-10,14-15H,4-5,11-13H2,1-3H3;4-8,12-13H,2-3,9-11H2,1H3,(H,26,28);3-7,11-12H,1-2,8-10H2,(H,27,28);6-7,11-12,20H,4-5,8-10H2,1-3H3;1-3H,(H,10,11);1H3,(H2,2,3,4). The smallest absolute Gasteiger partial charge is 0.341 e. The molecule has 26 nitrogen and oxygen atoms in total. The van der Waals surface area contributed by atoms with Crippen LogP contribution >= 0.6 is 92.8 Å².